The van der Waals surface area contributed by atoms with Crippen molar-refractivity contribution in [2.75, 3.05) is 22.9 Å². The molecule has 0 aromatic heterocycles. The molecule has 0 amide bonds. The molecular weight excluding hydrogens is 856 g/mol. The predicted octanol–water partition coefficient (Wildman–Crippen LogP) is 14.0. The number of halogens is 2. The van der Waals surface area contributed by atoms with Crippen molar-refractivity contribution in [3.05, 3.63) is 199 Å². The van der Waals surface area contributed by atoms with Gasteiger partial charge in [0.05, 0.1) is 7.92 Å². The largest absolute Gasteiger partial charge is 0.102 e. The monoisotopic (exact) mass is 917 g/mol. The summed E-state index contributed by atoms with van der Waals surface area (Å²) in [5, 5.41) is 4.31. The second-order valence-corrected chi connectivity index (χ2v) is 20.8. The van der Waals surface area contributed by atoms with E-state index in [0.29, 0.717) is 23.7 Å². The van der Waals surface area contributed by atoms with E-state index < -0.39 is 7.92 Å². The van der Waals surface area contributed by atoms with Crippen molar-refractivity contribution in [3.8, 4) is 0 Å². The Labute approximate surface area is 368 Å². The second-order valence-electron chi connectivity index (χ2n) is 15.7. The summed E-state index contributed by atoms with van der Waals surface area (Å²) in [6.45, 7) is 26.6. The van der Waals surface area contributed by atoms with Crippen LogP contribution in [0.2, 0.25) is 0 Å². The van der Waals surface area contributed by atoms with Gasteiger partial charge in [0.1, 0.15) is 15.9 Å². The first kappa shape index (κ1) is 47.1. The van der Waals surface area contributed by atoms with Crippen LogP contribution in [-0.2, 0) is 15.1 Å². The van der Waals surface area contributed by atoms with E-state index in [2.05, 4.69) is 206 Å². The number of rotatable bonds is 9. The molecule has 0 atom stereocenters. The van der Waals surface area contributed by atoms with Crippen molar-refractivity contribution in [1.82, 2.24) is 0 Å². The molecule has 6 aromatic carbocycles. The van der Waals surface area contributed by atoms with Gasteiger partial charge >= 0.3 is 34.5 Å². The maximum absolute atomic E-state index is 4.85. The van der Waals surface area contributed by atoms with Crippen molar-refractivity contribution in [3.63, 3.8) is 0 Å². The molecule has 0 saturated carbocycles. The van der Waals surface area contributed by atoms with Crippen LogP contribution in [0.3, 0.4) is 0 Å². The molecule has 306 valence electrons. The zero-order valence-electron chi connectivity index (χ0n) is 35.5. The first-order valence-electron chi connectivity index (χ1n) is 20.4. The Hall–Kier alpha value is -3.58. The zero-order chi connectivity index (χ0) is 42.0. The number of para-hydroxylation sites is 2. The Balaban J connectivity index is 0.000000217. The fraction of sp³-hybridized carbons (Fsp3) is 0.269. The summed E-state index contributed by atoms with van der Waals surface area (Å²) in [5.74, 6) is 2.06. The van der Waals surface area contributed by atoms with Gasteiger partial charge in [-0.2, -0.15) is 31.3 Å². The van der Waals surface area contributed by atoms with Crippen molar-refractivity contribution < 1.29 is 15.1 Å². The second kappa shape index (κ2) is 24.5. The molecule has 1 heterocycles. The third-order valence-corrected chi connectivity index (χ3v) is 12.9. The number of anilines is 2. The SMILES string of the molecule is CC(C)c1cccc(C(C)C)c1N1[CH-]N(c2c(C(C)C)cccc2C(C)C)CC1.[CH2-]c1ccccc1.[Cl][Ru+2][Cl].c1ccc([PH+](c2ccccc2)c2ccccc2)cc1. The molecule has 1 aliphatic heterocycles. The molecule has 0 aliphatic carbocycles. The van der Waals surface area contributed by atoms with Gasteiger partial charge < -0.3 is 9.80 Å². The van der Waals surface area contributed by atoms with Gasteiger partial charge in [0.2, 0.25) is 0 Å². The first-order valence-corrected chi connectivity index (χ1v) is 26.3. The average molecular weight is 918 g/mol. The van der Waals surface area contributed by atoms with Crippen molar-refractivity contribution in [2.24, 2.45) is 0 Å². The standard InChI is InChI=1S/C27H39N2.C18H15P.C7H7.2ClH.Ru/c1-18(2)22-11-9-12-23(19(3)4)26(22)28-15-16-29(17-28)27-24(20(5)6)13-10-14-25(27)21(7)8;1-4-10-16(11-5-1)19(17-12-6-2-7-13-17)18-14-8-3-9-15-18;1-7-5-3-2-4-6-7;;;/h9-14,17-21H,15-16H2,1-8H3;1-15H;2-6H,1H2;2*1H;/q-1;;-1;;;+4/p-1. The third-order valence-electron chi connectivity index (χ3n) is 10.2. The number of nitrogens with zero attached hydrogens (tertiary/aromatic N) is 2. The van der Waals surface area contributed by atoms with Crippen LogP contribution in [0, 0.1) is 13.6 Å². The molecule has 6 aromatic rings. The van der Waals surface area contributed by atoms with Crippen LogP contribution in [0.5, 0.6) is 0 Å². The Morgan fingerprint density at radius 2 is 0.707 bits per heavy atom. The smallest absolute Gasteiger partial charge is 0.0620 e. The molecule has 6 heteroatoms. The summed E-state index contributed by atoms with van der Waals surface area (Å²) in [5.41, 5.74) is 9.74. The summed E-state index contributed by atoms with van der Waals surface area (Å²) in [4.78, 5) is 5.01. The molecule has 7 rings (SSSR count). The molecule has 2 nitrogen and oxygen atoms in total. The van der Waals surface area contributed by atoms with E-state index in [1.54, 1.807) is 0 Å². The van der Waals surface area contributed by atoms with Crippen LogP contribution in [0.4, 0.5) is 11.4 Å². The maximum atomic E-state index is 4.85. The van der Waals surface area contributed by atoms with Crippen molar-refractivity contribution >= 4 is 54.6 Å². The van der Waals surface area contributed by atoms with Gasteiger partial charge in [-0.3, -0.25) is 0 Å². The molecule has 1 aliphatic rings. The van der Waals surface area contributed by atoms with E-state index in [0.717, 1.165) is 18.7 Å². The summed E-state index contributed by atoms with van der Waals surface area (Å²) >= 11 is -0.346. The van der Waals surface area contributed by atoms with E-state index in [4.69, 9.17) is 19.4 Å². The van der Waals surface area contributed by atoms with Gasteiger partial charge in [0, 0.05) is 24.5 Å². The molecule has 0 N–H and O–H groups in total. The summed E-state index contributed by atoms with van der Waals surface area (Å²) in [6, 6.07) is 56.1. The summed E-state index contributed by atoms with van der Waals surface area (Å²) in [6.07, 6.45) is 0. The van der Waals surface area contributed by atoms with Gasteiger partial charge in [-0.1, -0.05) is 152 Å². The predicted molar refractivity (Wildman–Crippen MR) is 257 cm³/mol. The van der Waals surface area contributed by atoms with E-state index in [-0.39, 0.29) is 15.1 Å². The Morgan fingerprint density at radius 3 is 0.931 bits per heavy atom. The quantitative estimate of drug-likeness (QED) is 0.0810. The molecule has 0 radical (unpaired) electrons. The molecule has 58 heavy (non-hydrogen) atoms. The summed E-state index contributed by atoms with van der Waals surface area (Å²) < 4.78 is 0. The molecule has 0 unspecified atom stereocenters. The van der Waals surface area contributed by atoms with Crippen LogP contribution in [0.15, 0.2) is 158 Å². The minimum absolute atomic E-state index is 0.346. The summed E-state index contributed by atoms with van der Waals surface area (Å²) in [7, 11) is 8.83. The maximum Gasteiger partial charge on any atom is 0.102 e. The topological polar surface area (TPSA) is 6.48 Å². The van der Waals surface area contributed by atoms with Crippen LogP contribution in [0.1, 0.15) is 107 Å². The normalized spacial score (nSPS) is 12.3. The van der Waals surface area contributed by atoms with Crippen molar-refractivity contribution in [2.45, 2.75) is 79.1 Å². The van der Waals surface area contributed by atoms with Crippen LogP contribution in [-0.4, -0.2) is 13.1 Å². The van der Waals surface area contributed by atoms with Gasteiger partial charge in [0.15, 0.2) is 0 Å². The van der Waals surface area contributed by atoms with Gasteiger partial charge in [-0.05, 0) is 82.3 Å². The van der Waals surface area contributed by atoms with E-state index in [1.807, 2.05) is 30.3 Å². The molecular formula is C52H62Cl2N2PRu+. The van der Waals surface area contributed by atoms with Gasteiger partial charge in [-0.25, -0.2) is 0 Å². The fourth-order valence-corrected chi connectivity index (χ4v) is 9.89. The molecule has 0 spiro atoms. The average Bonchev–Trinajstić information content (AvgIpc) is 3.72. The minimum atomic E-state index is -0.877. The van der Waals surface area contributed by atoms with Crippen LogP contribution in [0.25, 0.3) is 0 Å². The minimum Gasteiger partial charge on any atom is -0.0620 e. The van der Waals surface area contributed by atoms with E-state index in [1.165, 1.54) is 49.5 Å². The van der Waals surface area contributed by atoms with E-state index in [9.17, 15) is 0 Å². The van der Waals surface area contributed by atoms with Gasteiger partial charge in [0.25, 0.3) is 0 Å². The van der Waals surface area contributed by atoms with Crippen LogP contribution >= 0.6 is 27.3 Å². The van der Waals surface area contributed by atoms with Crippen LogP contribution < -0.4 is 25.7 Å². The Bertz CT molecular complexity index is 1830. The first-order chi connectivity index (χ1) is 28.0. The number of benzene rings is 6. The fourth-order valence-electron chi connectivity index (χ4n) is 7.32. The zero-order valence-corrected chi connectivity index (χ0v) is 39.8. The third kappa shape index (κ3) is 13.5. The van der Waals surface area contributed by atoms with Gasteiger partial charge in [-0.15, -0.1) is 12.1 Å². The number of hydrogen-bond donors (Lipinski definition) is 0. The molecule has 0 bridgehead atoms. The Morgan fingerprint density at radius 1 is 0.448 bits per heavy atom. The number of hydrogen-bond acceptors (Lipinski definition) is 2. The molecule has 1 saturated heterocycles. The van der Waals surface area contributed by atoms with Crippen molar-refractivity contribution in [1.29, 1.82) is 0 Å². The molecule has 1 fully saturated rings. The Kier molecular flexibility index (Phi) is 19.9. The van der Waals surface area contributed by atoms with E-state index >= 15 is 0 Å².